The van der Waals surface area contributed by atoms with Gasteiger partial charge in [-0.1, -0.05) is 17.7 Å². The quantitative estimate of drug-likeness (QED) is 0.512. The zero-order valence-corrected chi connectivity index (χ0v) is 14.8. The predicted molar refractivity (Wildman–Crippen MR) is 102 cm³/mol. The first-order valence-electron chi connectivity index (χ1n) is 6.67. The third-order valence-corrected chi connectivity index (χ3v) is 6.06. The second-order valence-electron chi connectivity index (χ2n) is 4.77. The molecule has 0 amide bonds. The van der Waals surface area contributed by atoms with E-state index in [9.17, 15) is 4.79 Å². The van der Waals surface area contributed by atoms with Crippen LogP contribution >= 0.6 is 45.6 Å². The van der Waals surface area contributed by atoms with E-state index in [4.69, 9.17) is 11.6 Å². The molecule has 0 bridgehead atoms. The van der Waals surface area contributed by atoms with Crippen molar-refractivity contribution in [1.29, 1.82) is 0 Å². The third kappa shape index (κ3) is 2.79. The highest BCUT2D eigenvalue weighted by molar-refractivity contribution is 7.18. The number of thiophene rings is 3. The summed E-state index contributed by atoms with van der Waals surface area (Å²) in [6, 6.07) is 5.94. The van der Waals surface area contributed by atoms with Crippen LogP contribution < -0.4 is 5.56 Å². The molecule has 0 aromatic carbocycles. The SMILES string of the molecule is O=c1[nH]c(/C(Cl)=C/c2ccsc2)nc2scc(-c3cccs3)c12. The summed E-state index contributed by atoms with van der Waals surface area (Å²) in [6.45, 7) is 0. The lowest BCUT2D eigenvalue weighted by Crippen LogP contribution is -2.09. The van der Waals surface area contributed by atoms with Gasteiger partial charge in [-0.25, -0.2) is 4.98 Å². The predicted octanol–water partition coefficient (Wildman–Crippen LogP) is 5.51. The standard InChI is InChI=1S/C16H9ClN2OS3/c17-11(6-9-3-5-21-7-9)14-18-15(20)13-10(8-23-16(13)19-14)12-2-1-4-22-12/h1-8H,(H,18,19,20)/b11-6-. The van der Waals surface area contributed by atoms with Crippen LogP contribution in [0.15, 0.2) is 44.5 Å². The first-order valence-corrected chi connectivity index (χ1v) is 9.75. The van der Waals surface area contributed by atoms with E-state index >= 15 is 0 Å². The summed E-state index contributed by atoms with van der Waals surface area (Å²) < 4.78 is 0. The van der Waals surface area contributed by atoms with Crippen LogP contribution in [0.3, 0.4) is 0 Å². The molecule has 4 rings (SSSR count). The molecule has 0 aliphatic rings. The minimum absolute atomic E-state index is 0.161. The maximum atomic E-state index is 12.5. The van der Waals surface area contributed by atoms with Crippen LogP contribution in [0.4, 0.5) is 0 Å². The fourth-order valence-corrected chi connectivity index (χ4v) is 4.84. The molecular formula is C16H9ClN2OS3. The Kier molecular flexibility index (Phi) is 3.90. The lowest BCUT2D eigenvalue weighted by atomic mass is 10.2. The van der Waals surface area contributed by atoms with Crippen molar-refractivity contribution >= 4 is 66.9 Å². The topological polar surface area (TPSA) is 45.8 Å². The largest absolute Gasteiger partial charge is 0.305 e. The molecule has 0 spiro atoms. The second-order valence-corrected chi connectivity index (χ2v) is 7.76. The Balaban J connectivity index is 1.85. The van der Waals surface area contributed by atoms with E-state index in [1.54, 1.807) is 28.7 Å². The molecule has 0 unspecified atom stereocenters. The molecule has 3 nitrogen and oxygen atoms in total. The van der Waals surface area contributed by atoms with Crippen LogP contribution in [-0.4, -0.2) is 9.97 Å². The van der Waals surface area contributed by atoms with Crippen molar-refractivity contribution in [1.82, 2.24) is 9.97 Å². The van der Waals surface area contributed by atoms with Crippen molar-refractivity contribution in [2.45, 2.75) is 0 Å². The van der Waals surface area contributed by atoms with Crippen LogP contribution in [0.25, 0.3) is 31.8 Å². The Morgan fingerprint density at radius 2 is 2.13 bits per heavy atom. The van der Waals surface area contributed by atoms with Gasteiger partial charge in [0.1, 0.15) is 4.83 Å². The fourth-order valence-electron chi connectivity index (χ4n) is 2.25. The monoisotopic (exact) mass is 376 g/mol. The van der Waals surface area contributed by atoms with Gasteiger partial charge in [0.2, 0.25) is 0 Å². The maximum Gasteiger partial charge on any atom is 0.260 e. The summed E-state index contributed by atoms with van der Waals surface area (Å²) in [5.74, 6) is 0.398. The van der Waals surface area contributed by atoms with E-state index in [1.165, 1.54) is 11.3 Å². The zero-order chi connectivity index (χ0) is 15.8. The average molecular weight is 377 g/mol. The molecule has 0 saturated carbocycles. The van der Waals surface area contributed by atoms with Crippen molar-refractivity contribution in [2.75, 3.05) is 0 Å². The average Bonchev–Trinajstić information content (AvgIpc) is 3.27. The lowest BCUT2D eigenvalue weighted by Gasteiger charge is -2.00. The Hall–Kier alpha value is -1.73. The molecule has 0 atom stereocenters. The number of hydrogen-bond donors (Lipinski definition) is 1. The maximum absolute atomic E-state index is 12.5. The van der Waals surface area contributed by atoms with Crippen LogP contribution in [0.1, 0.15) is 11.4 Å². The van der Waals surface area contributed by atoms with Gasteiger partial charge in [0.05, 0.1) is 10.4 Å². The van der Waals surface area contributed by atoms with Gasteiger partial charge in [-0.3, -0.25) is 4.79 Å². The van der Waals surface area contributed by atoms with Gasteiger partial charge in [-0.2, -0.15) is 11.3 Å². The van der Waals surface area contributed by atoms with Crippen molar-refractivity contribution in [3.63, 3.8) is 0 Å². The van der Waals surface area contributed by atoms with Crippen LogP contribution in [-0.2, 0) is 0 Å². The van der Waals surface area contributed by atoms with Crippen LogP contribution in [0.2, 0.25) is 0 Å². The lowest BCUT2D eigenvalue weighted by molar-refractivity contribution is 1.14. The summed E-state index contributed by atoms with van der Waals surface area (Å²) in [6.07, 6.45) is 1.80. The van der Waals surface area contributed by atoms with Gasteiger partial charge < -0.3 is 4.98 Å². The number of hydrogen-bond acceptors (Lipinski definition) is 5. The summed E-state index contributed by atoms with van der Waals surface area (Å²) in [7, 11) is 0. The summed E-state index contributed by atoms with van der Waals surface area (Å²) in [4.78, 5) is 21.6. The summed E-state index contributed by atoms with van der Waals surface area (Å²) in [5, 5.41) is 8.98. The second kappa shape index (κ2) is 6.05. The molecule has 23 heavy (non-hydrogen) atoms. The highest BCUT2D eigenvalue weighted by atomic mass is 35.5. The third-order valence-electron chi connectivity index (χ3n) is 3.29. The fraction of sp³-hybridized carbons (Fsp3) is 0. The van der Waals surface area contributed by atoms with E-state index < -0.39 is 0 Å². The molecule has 0 aliphatic heterocycles. The molecule has 0 saturated heterocycles. The van der Waals surface area contributed by atoms with E-state index in [0.717, 1.165) is 16.0 Å². The van der Waals surface area contributed by atoms with Crippen molar-refractivity contribution in [3.05, 3.63) is 61.5 Å². The molecular weight excluding hydrogens is 368 g/mol. The van der Waals surface area contributed by atoms with E-state index in [1.807, 2.05) is 39.7 Å². The van der Waals surface area contributed by atoms with Gasteiger partial charge >= 0.3 is 0 Å². The summed E-state index contributed by atoms with van der Waals surface area (Å²) in [5.41, 5.74) is 1.76. The minimum atomic E-state index is -0.161. The molecule has 0 aliphatic carbocycles. The normalized spacial score (nSPS) is 12.1. The number of aromatic amines is 1. The van der Waals surface area contributed by atoms with Gasteiger partial charge in [0.25, 0.3) is 5.56 Å². The molecule has 0 radical (unpaired) electrons. The van der Waals surface area contributed by atoms with Crippen molar-refractivity contribution < 1.29 is 0 Å². The number of nitrogens with one attached hydrogen (secondary N) is 1. The Morgan fingerprint density at radius 1 is 1.22 bits per heavy atom. The van der Waals surface area contributed by atoms with E-state index in [2.05, 4.69) is 9.97 Å². The number of nitrogens with zero attached hydrogens (tertiary/aromatic N) is 1. The van der Waals surface area contributed by atoms with Gasteiger partial charge in [-0.05, 0) is 39.9 Å². The number of aromatic nitrogens is 2. The highest BCUT2D eigenvalue weighted by Gasteiger charge is 2.14. The Bertz CT molecular complexity index is 1040. The molecule has 0 fully saturated rings. The molecule has 1 N–H and O–H groups in total. The van der Waals surface area contributed by atoms with Crippen LogP contribution in [0, 0.1) is 0 Å². The van der Waals surface area contributed by atoms with Crippen LogP contribution in [0.5, 0.6) is 0 Å². The minimum Gasteiger partial charge on any atom is -0.305 e. The summed E-state index contributed by atoms with van der Waals surface area (Å²) >= 11 is 11.0. The van der Waals surface area contributed by atoms with Gasteiger partial charge in [0, 0.05) is 15.8 Å². The molecule has 4 aromatic rings. The van der Waals surface area contributed by atoms with Crippen molar-refractivity contribution in [2.24, 2.45) is 0 Å². The molecule has 4 heterocycles. The van der Waals surface area contributed by atoms with Crippen molar-refractivity contribution in [3.8, 4) is 10.4 Å². The number of rotatable bonds is 3. The Labute approximate surface area is 148 Å². The molecule has 7 heteroatoms. The number of H-pyrrole nitrogens is 1. The van der Waals surface area contributed by atoms with E-state index in [-0.39, 0.29) is 5.56 Å². The molecule has 4 aromatic heterocycles. The van der Waals surface area contributed by atoms with E-state index in [0.29, 0.717) is 21.1 Å². The molecule has 114 valence electrons. The number of fused-ring (bicyclic) bond motifs is 1. The first kappa shape index (κ1) is 14.8. The number of halogens is 1. The Morgan fingerprint density at radius 3 is 2.87 bits per heavy atom. The van der Waals surface area contributed by atoms with Gasteiger partial charge in [0.15, 0.2) is 5.82 Å². The zero-order valence-electron chi connectivity index (χ0n) is 11.6. The smallest absolute Gasteiger partial charge is 0.260 e. The van der Waals surface area contributed by atoms with Gasteiger partial charge in [-0.15, -0.1) is 22.7 Å². The first-order chi connectivity index (χ1) is 11.2. The highest BCUT2D eigenvalue weighted by Crippen LogP contribution is 2.34.